The first-order valence-corrected chi connectivity index (χ1v) is 9.98. The summed E-state index contributed by atoms with van der Waals surface area (Å²) in [5.74, 6) is 1.07. The van der Waals surface area contributed by atoms with E-state index in [0.29, 0.717) is 11.8 Å². The molecule has 0 bridgehead atoms. The number of fused-ring (bicyclic) bond motifs is 3. The number of hydrogen-bond acceptors (Lipinski definition) is 1. The van der Waals surface area contributed by atoms with Gasteiger partial charge in [0.05, 0.1) is 6.04 Å². The van der Waals surface area contributed by atoms with Gasteiger partial charge < -0.3 is 9.88 Å². The van der Waals surface area contributed by atoms with Gasteiger partial charge in [0.25, 0.3) is 0 Å². The quantitative estimate of drug-likeness (QED) is 0.809. The number of amides is 1. The number of carbonyl (C=O) groups excluding carboxylic acids is 1. The summed E-state index contributed by atoms with van der Waals surface area (Å²) in [5.41, 5.74) is 5.29. The lowest BCUT2D eigenvalue weighted by molar-refractivity contribution is -0.140. The van der Waals surface area contributed by atoms with E-state index < -0.39 is 0 Å². The van der Waals surface area contributed by atoms with E-state index in [1.165, 1.54) is 47.0 Å². The topological polar surface area (TPSA) is 36.1 Å². The van der Waals surface area contributed by atoms with Gasteiger partial charge in [0, 0.05) is 29.1 Å². The number of nitrogens with one attached hydrogen (secondary N) is 1. The van der Waals surface area contributed by atoms with Crippen molar-refractivity contribution in [3.63, 3.8) is 0 Å². The van der Waals surface area contributed by atoms with Gasteiger partial charge in [0.15, 0.2) is 0 Å². The zero-order valence-electron chi connectivity index (χ0n) is 15.8. The molecule has 1 aromatic heterocycles. The van der Waals surface area contributed by atoms with Crippen LogP contribution >= 0.6 is 0 Å². The van der Waals surface area contributed by atoms with Crippen LogP contribution in [0.3, 0.4) is 0 Å². The maximum Gasteiger partial charge on any atom is 0.226 e. The van der Waals surface area contributed by atoms with E-state index >= 15 is 0 Å². The summed E-state index contributed by atoms with van der Waals surface area (Å²) in [6, 6.07) is 6.67. The average molecular weight is 338 g/mol. The Labute approximate surface area is 150 Å². The molecule has 1 atom stereocenters. The van der Waals surface area contributed by atoms with Crippen molar-refractivity contribution in [3.05, 3.63) is 35.0 Å². The fourth-order valence-electron chi connectivity index (χ4n) is 5.09. The first-order chi connectivity index (χ1) is 12.1. The average Bonchev–Trinajstić information content (AvgIpc) is 3.00. The maximum atomic E-state index is 13.3. The van der Waals surface area contributed by atoms with Crippen molar-refractivity contribution in [2.24, 2.45) is 11.8 Å². The minimum atomic E-state index is 0.185. The molecule has 25 heavy (non-hydrogen) atoms. The number of hydrogen-bond donors (Lipinski definition) is 1. The molecule has 1 amide bonds. The summed E-state index contributed by atoms with van der Waals surface area (Å²) in [7, 11) is 0. The van der Waals surface area contributed by atoms with Gasteiger partial charge in [-0.25, -0.2) is 0 Å². The van der Waals surface area contributed by atoms with Crippen LogP contribution in [0.4, 0.5) is 0 Å². The van der Waals surface area contributed by atoms with Crippen LogP contribution in [0.15, 0.2) is 18.2 Å². The number of H-pyrrole nitrogens is 1. The summed E-state index contributed by atoms with van der Waals surface area (Å²) >= 11 is 0. The number of aromatic nitrogens is 1. The molecule has 1 aliphatic heterocycles. The predicted octanol–water partition coefficient (Wildman–Crippen LogP) is 5.14. The fraction of sp³-hybridized carbons (Fsp3) is 0.591. The van der Waals surface area contributed by atoms with Crippen LogP contribution in [-0.4, -0.2) is 22.3 Å². The van der Waals surface area contributed by atoms with Gasteiger partial charge >= 0.3 is 0 Å². The Bertz CT molecular complexity index is 783. The Morgan fingerprint density at radius 3 is 2.68 bits per heavy atom. The van der Waals surface area contributed by atoms with E-state index in [4.69, 9.17) is 0 Å². The molecule has 0 spiro atoms. The van der Waals surface area contributed by atoms with Gasteiger partial charge in [0.1, 0.15) is 0 Å². The van der Waals surface area contributed by atoms with Crippen molar-refractivity contribution in [2.45, 2.75) is 65.3 Å². The van der Waals surface area contributed by atoms with Crippen LogP contribution in [0.25, 0.3) is 10.9 Å². The second-order valence-corrected chi connectivity index (χ2v) is 8.32. The molecule has 1 fully saturated rings. The van der Waals surface area contributed by atoms with Gasteiger partial charge in [0.2, 0.25) is 5.91 Å². The van der Waals surface area contributed by atoms with Gasteiger partial charge in [-0.2, -0.15) is 0 Å². The standard InChI is InChI=1S/C22H30N2O/c1-14(2)21-20-17(19-15(3)8-7-11-18(19)23-20)12-13-24(21)22(25)16-9-5-4-6-10-16/h7-8,11,14,16,21,23H,4-6,9-10,12-13H2,1-3H3. The van der Waals surface area contributed by atoms with Crippen molar-refractivity contribution in [3.8, 4) is 0 Å². The van der Waals surface area contributed by atoms with E-state index in [-0.39, 0.29) is 12.0 Å². The number of rotatable bonds is 2. The van der Waals surface area contributed by atoms with Crippen LogP contribution in [0.2, 0.25) is 0 Å². The van der Waals surface area contributed by atoms with E-state index in [9.17, 15) is 4.79 Å². The maximum absolute atomic E-state index is 13.3. The SMILES string of the molecule is Cc1cccc2[nH]c3c(c12)CCN(C(=O)C1CCCCC1)C3C(C)C. The third-order valence-electron chi connectivity index (χ3n) is 6.27. The van der Waals surface area contributed by atoms with Crippen LogP contribution in [-0.2, 0) is 11.2 Å². The summed E-state index contributed by atoms with van der Waals surface area (Å²) in [5, 5.41) is 1.38. The highest BCUT2D eigenvalue weighted by molar-refractivity contribution is 5.89. The molecule has 3 nitrogen and oxygen atoms in total. The largest absolute Gasteiger partial charge is 0.356 e. The molecular weight excluding hydrogens is 308 g/mol. The Balaban J connectivity index is 1.74. The van der Waals surface area contributed by atoms with Crippen molar-refractivity contribution >= 4 is 16.8 Å². The summed E-state index contributed by atoms with van der Waals surface area (Å²) in [6.07, 6.45) is 6.86. The molecule has 1 aromatic carbocycles. The Kier molecular flexibility index (Phi) is 4.35. The summed E-state index contributed by atoms with van der Waals surface area (Å²) in [4.78, 5) is 19.2. The zero-order chi connectivity index (χ0) is 17.6. The molecule has 2 heterocycles. The van der Waals surface area contributed by atoms with E-state index in [2.05, 4.69) is 48.9 Å². The predicted molar refractivity (Wildman–Crippen MR) is 103 cm³/mol. The van der Waals surface area contributed by atoms with Crippen LogP contribution in [0.1, 0.15) is 68.8 Å². The summed E-state index contributed by atoms with van der Waals surface area (Å²) in [6.45, 7) is 7.56. The molecule has 4 rings (SSSR count). The van der Waals surface area contributed by atoms with Crippen LogP contribution in [0, 0.1) is 18.8 Å². The number of aromatic amines is 1. The lowest BCUT2D eigenvalue weighted by Gasteiger charge is -2.40. The molecule has 1 N–H and O–H groups in total. The third-order valence-corrected chi connectivity index (χ3v) is 6.27. The molecule has 1 saturated carbocycles. The highest BCUT2D eigenvalue weighted by atomic mass is 16.2. The third kappa shape index (κ3) is 2.78. The van der Waals surface area contributed by atoms with Gasteiger partial charge in [-0.05, 0) is 49.3 Å². The number of carbonyl (C=O) groups is 1. The van der Waals surface area contributed by atoms with Crippen molar-refractivity contribution in [2.75, 3.05) is 6.54 Å². The minimum Gasteiger partial charge on any atom is -0.356 e. The first-order valence-electron chi connectivity index (χ1n) is 9.98. The highest BCUT2D eigenvalue weighted by Crippen LogP contribution is 2.41. The van der Waals surface area contributed by atoms with Crippen LogP contribution in [0.5, 0.6) is 0 Å². The van der Waals surface area contributed by atoms with E-state index in [1.54, 1.807) is 0 Å². The molecule has 0 radical (unpaired) electrons. The molecule has 1 unspecified atom stereocenters. The molecule has 2 aromatic rings. The van der Waals surface area contributed by atoms with Gasteiger partial charge in [-0.15, -0.1) is 0 Å². The lowest BCUT2D eigenvalue weighted by atomic mass is 9.85. The number of nitrogens with zero attached hydrogens (tertiary/aromatic N) is 1. The molecular formula is C22H30N2O. The second kappa shape index (κ2) is 6.51. The van der Waals surface area contributed by atoms with E-state index in [0.717, 1.165) is 25.8 Å². The minimum absolute atomic E-state index is 0.185. The fourth-order valence-corrected chi connectivity index (χ4v) is 5.09. The van der Waals surface area contributed by atoms with E-state index in [1.807, 2.05) is 0 Å². The molecule has 0 saturated heterocycles. The van der Waals surface area contributed by atoms with Gasteiger partial charge in [-0.1, -0.05) is 45.2 Å². The molecule has 3 heteroatoms. The first kappa shape index (κ1) is 16.7. The molecule has 2 aliphatic rings. The second-order valence-electron chi connectivity index (χ2n) is 8.32. The van der Waals surface area contributed by atoms with Gasteiger partial charge in [-0.3, -0.25) is 4.79 Å². The number of benzene rings is 1. The Morgan fingerprint density at radius 2 is 1.96 bits per heavy atom. The smallest absolute Gasteiger partial charge is 0.226 e. The highest BCUT2D eigenvalue weighted by Gasteiger charge is 2.38. The van der Waals surface area contributed by atoms with Crippen molar-refractivity contribution < 1.29 is 4.79 Å². The molecule has 1 aliphatic carbocycles. The van der Waals surface area contributed by atoms with Crippen LogP contribution < -0.4 is 0 Å². The van der Waals surface area contributed by atoms with Crippen molar-refractivity contribution in [1.82, 2.24) is 9.88 Å². The Hall–Kier alpha value is -1.77. The number of aryl methyl sites for hydroxylation is 1. The van der Waals surface area contributed by atoms with Crippen molar-refractivity contribution in [1.29, 1.82) is 0 Å². The zero-order valence-corrected chi connectivity index (χ0v) is 15.8. The normalized spacial score (nSPS) is 21.8. The monoisotopic (exact) mass is 338 g/mol. The molecule has 134 valence electrons. The summed E-state index contributed by atoms with van der Waals surface area (Å²) < 4.78 is 0. The Morgan fingerprint density at radius 1 is 1.20 bits per heavy atom. The lowest BCUT2D eigenvalue weighted by Crippen LogP contribution is -2.45.